The standard InChI is InChI=1S/C26H28BrNO6/c1-5-31-21-14-19(24(29)32-15-16-9-7-6-8-10-16)22-18-12-11-17(27)13-20(18)28(23(22)33-21)25(30)34-26(2,3)4/h6-13,19,21H,5,14-15H2,1-4H3/t19-,21-/m0/s1. The van der Waals surface area contributed by atoms with Crippen LogP contribution in [-0.4, -0.2) is 35.1 Å². The van der Waals surface area contributed by atoms with Crippen molar-refractivity contribution in [3.8, 4) is 5.88 Å². The predicted molar refractivity (Wildman–Crippen MR) is 131 cm³/mol. The quantitative estimate of drug-likeness (QED) is 0.368. The second kappa shape index (κ2) is 9.80. The second-order valence-electron chi connectivity index (χ2n) is 9.08. The molecule has 3 aromatic rings. The predicted octanol–water partition coefficient (Wildman–Crippen LogP) is 6.16. The lowest BCUT2D eigenvalue weighted by Gasteiger charge is -2.30. The zero-order valence-corrected chi connectivity index (χ0v) is 21.3. The van der Waals surface area contributed by atoms with Gasteiger partial charge in [-0.25, -0.2) is 9.36 Å². The van der Waals surface area contributed by atoms with Gasteiger partial charge < -0.3 is 18.9 Å². The van der Waals surface area contributed by atoms with Crippen molar-refractivity contribution < 1.29 is 28.5 Å². The molecule has 4 rings (SSSR count). The fourth-order valence-electron chi connectivity index (χ4n) is 4.02. The van der Waals surface area contributed by atoms with Gasteiger partial charge in [0.1, 0.15) is 12.2 Å². The molecule has 0 saturated carbocycles. The van der Waals surface area contributed by atoms with Crippen LogP contribution < -0.4 is 4.74 Å². The molecule has 0 radical (unpaired) electrons. The monoisotopic (exact) mass is 529 g/mol. The summed E-state index contributed by atoms with van der Waals surface area (Å²) >= 11 is 3.48. The van der Waals surface area contributed by atoms with Crippen LogP contribution >= 0.6 is 15.9 Å². The molecule has 0 aliphatic carbocycles. The molecule has 0 unspecified atom stereocenters. The first-order valence-electron chi connectivity index (χ1n) is 11.2. The maximum absolute atomic E-state index is 13.3. The third-order valence-electron chi connectivity index (χ3n) is 5.38. The Hall–Kier alpha value is -2.84. The summed E-state index contributed by atoms with van der Waals surface area (Å²) < 4.78 is 25.4. The zero-order valence-electron chi connectivity index (χ0n) is 19.7. The molecule has 1 aliphatic rings. The molecule has 1 aliphatic heterocycles. The fraction of sp³-hybridized carbons (Fsp3) is 0.385. The molecule has 2 aromatic carbocycles. The van der Waals surface area contributed by atoms with Crippen LogP contribution in [0.1, 0.15) is 51.2 Å². The van der Waals surface area contributed by atoms with E-state index in [1.54, 1.807) is 20.8 Å². The molecular formula is C26H28BrNO6. The van der Waals surface area contributed by atoms with Gasteiger partial charge in [-0.1, -0.05) is 52.3 Å². The Balaban J connectivity index is 1.79. The van der Waals surface area contributed by atoms with Crippen molar-refractivity contribution >= 4 is 38.9 Å². The average Bonchev–Trinajstić information content (AvgIpc) is 3.10. The fourth-order valence-corrected chi connectivity index (χ4v) is 4.37. The number of nitrogens with zero attached hydrogens (tertiary/aromatic N) is 1. The van der Waals surface area contributed by atoms with Gasteiger partial charge in [-0.3, -0.25) is 4.79 Å². The highest BCUT2D eigenvalue weighted by Gasteiger charge is 2.41. The van der Waals surface area contributed by atoms with Gasteiger partial charge in [-0.15, -0.1) is 0 Å². The highest BCUT2D eigenvalue weighted by molar-refractivity contribution is 9.10. The summed E-state index contributed by atoms with van der Waals surface area (Å²) in [6, 6.07) is 15.0. The summed E-state index contributed by atoms with van der Waals surface area (Å²) in [6.45, 7) is 7.79. The lowest BCUT2D eigenvalue weighted by molar-refractivity contribution is -0.153. The van der Waals surface area contributed by atoms with Crippen molar-refractivity contribution in [3.05, 3.63) is 64.1 Å². The summed E-state index contributed by atoms with van der Waals surface area (Å²) in [7, 11) is 0. The van der Waals surface area contributed by atoms with Gasteiger partial charge in [-0.2, -0.15) is 0 Å². The molecular weight excluding hydrogens is 502 g/mol. The number of fused-ring (bicyclic) bond motifs is 3. The number of carbonyl (C=O) groups is 2. The van der Waals surface area contributed by atoms with E-state index in [0.717, 1.165) is 15.4 Å². The molecule has 2 atom stereocenters. The third-order valence-corrected chi connectivity index (χ3v) is 5.87. The van der Waals surface area contributed by atoms with E-state index >= 15 is 0 Å². The van der Waals surface area contributed by atoms with Crippen LogP contribution in [0.3, 0.4) is 0 Å². The molecule has 1 aromatic heterocycles. The maximum Gasteiger partial charge on any atom is 0.421 e. The first-order chi connectivity index (χ1) is 16.2. The highest BCUT2D eigenvalue weighted by Crippen LogP contribution is 2.45. The number of esters is 1. The Kier molecular flexibility index (Phi) is 7.00. The van der Waals surface area contributed by atoms with Crippen molar-refractivity contribution in [3.63, 3.8) is 0 Å². The lowest BCUT2D eigenvalue weighted by atomic mass is 9.92. The van der Waals surface area contributed by atoms with Crippen molar-refractivity contribution in [1.82, 2.24) is 4.57 Å². The number of halogens is 1. The van der Waals surface area contributed by atoms with E-state index in [1.165, 1.54) is 4.57 Å². The van der Waals surface area contributed by atoms with Crippen LogP contribution in [0.2, 0.25) is 0 Å². The number of ether oxygens (including phenoxy) is 4. The number of hydrogen-bond acceptors (Lipinski definition) is 6. The van der Waals surface area contributed by atoms with Crippen LogP contribution in [0.5, 0.6) is 5.88 Å². The summed E-state index contributed by atoms with van der Waals surface area (Å²) in [6.07, 6.45) is -1.02. The minimum Gasteiger partial charge on any atom is -0.460 e. The molecule has 7 nitrogen and oxygen atoms in total. The van der Waals surface area contributed by atoms with Crippen LogP contribution in [0.25, 0.3) is 10.9 Å². The van der Waals surface area contributed by atoms with E-state index in [-0.39, 0.29) is 18.9 Å². The topological polar surface area (TPSA) is 76.0 Å². The number of hydrogen-bond donors (Lipinski definition) is 0. The SMILES string of the molecule is CCO[C@@H]1C[C@H](C(=O)OCc2ccccc2)c2c(n(C(=O)OC(C)(C)C)c3cc(Br)ccc23)O1. The smallest absolute Gasteiger partial charge is 0.421 e. The summed E-state index contributed by atoms with van der Waals surface area (Å²) in [5.41, 5.74) is 1.35. The Morgan fingerprint density at radius 1 is 1.15 bits per heavy atom. The normalized spacial score (nSPS) is 17.7. The average molecular weight is 530 g/mol. The maximum atomic E-state index is 13.3. The Morgan fingerprint density at radius 3 is 2.56 bits per heavy atom. The van der Waals surface area contributed by atoms with E-state index < -0.39 is 29.9 Å². The van der Waals surface area contributed by atoms with Gasteiger partial charge in [0.05, 0.1) is 11.4 Å². The molecule has 0 bridgehead atoms. The Morgan fingerprint density at radius 2 is 1.88 bits per heavy atom. The van der Waals surface area contributed by atoms with Crippen LogP contribution in [0, 0.1) is 0 Å². The second-order valence-corrected chi connectivity index (χ2v) is 10.00. The van der Waals surface area contributed by atoms with Gasteiger partial charge in [0.15, 0.2) is 0 Å². The molecule has 0 fully saturated rings. The van der Waals surface area contributed by atoms with Crippen molar-refractivity contribution in [2.45, 2.75) is 58.5 Å². The summed E-state index contributed by atoms with van der Waals surface area (Å²) in [5.74, 6) is -0.825. The molecule has 0 N–H and O–H groups in total. The van der Waals surface area contributed by atoms with E-state index in [1.807, 2.05) is 55.5 Å². The highest BCUT2D eigenvalue weighted by atomic mass is 79.9. The van der Waals surface area contributed by atoms with E-state index in [0.29, 0.717) is 17.7 Å². The van der Waals surface area contributed by atoms with Crippen molar-refractivity contribution in [2.75, 3.05) is 6.61 Å². The van der Waals surface area contributed by atoms with Gasteiger partial charge in [-0.05, 0) is 45.4 Å². The first-order valence-corrected chi connectivity index (χ1v) is 12.0. The van der Waals surface area contributed by atoms with E-state index in [9.17, 15) is 9.59 Å². The number of carbonyl (C=O) groups excluding carboxylic acids is 2. The summed E-state index contributed by atoms with van der Waals surface area (Å²) in [5, 5.41) is 0.723. The number of aromatic nitrogens is 1. The molecule has 34 heavy (non-hydrogen) atoms. The molecule has 0 amide bonds. The first kappa shape index (κ1) is 24.3. The number of rotatable bonds is 5. The third kappa shape index (κ3) is 5.13. The van der Waals surface area contributed by atoms with Crippen LogP contribution in [0.15, 0.2) is 53.0 Å². The lowest BCUT2D eigenvalue weighted by Crippen LogP contribution is -2.34. The minimum atomic E-state index is -0.714. The number of benzene rings is 2. The van der Waals surface area contributed by atoms with Gasteiger partial charge in [0.25, 0.3) is 0 Å². The Bertz CT molecular complexity index is 1200. The molecule has 180 valence electrons. The molecule has 0 saturated heterocycles. The molecule has 8 heteroatoms. The Labute approximate surface area is 207 Å². The largest absolute Gasteiger partial charge is 0.460 e. The summed E-state index contributed by atoms with van der Waals surface area (Å²) in [4.78, 5) is 26.6. The van der Waals surface area contributed by atoms with Crippen LogP contribution in [-0.2, 0) is 25.6 Å². The molecule has 0 spiro atoms. The van der Waals surface area contributed by atoms with Gasteiger partial charge in [0.2, 0.25) is 12.2 Å². The minimum absolute atomic E-state index is 0.155. The molecule has 2 heterocycles. The van der Waals surface area contributed by atoms with E-state index in [4.69, 9.17) is 18.9 Å². The van der Waals surface area contributed by atoms with Crippen molar-refractivity contribution in [1.29, 1.82) is 0 Å². The van der Waals surface area contributed by atoms with Gasteiger partial charge >= 0.3 is 12.1 Å². The van der Waals surface area contributed by atoms with Crippen LogP contribution in [0.4, 0.5) is 4.79 Å². The van der Waals surface area contributed by atoms with Gasteiger partial charge in [0, 0.05) is 28.5 Å². The van der Waals surface area contributed by atoms with E-state index in [2.05, 4.69) is 15.9 Å². The zero-order chi connectivity index (χ0) is 24.5. The van der Waals surface area contributed by atoms with Crippen molar-refractivity contribution in [2.24, 2.45) is 0 Å².